The smallest absolute Gasteiger partial charge is 0.0608 e. The molecule has 6 bridgehead atoms. The molecule has 228 valence electrons. The molecule has 0 aromatic heterocycles. The molecule has 15 unspecified atom stereocenters. The lowest BCUT2D eigenvalue weighted by Gasteiger charge is -2.31. The van der Waals surface area contributed by atoms with Gasteiger partial charge in [-0.25, -0.2) is 0 Å². The second kappa shape index (κ2) is 13.4. The van der Waals surface area contributed by atoms with Crippen molar-refractivity contribution in [2.24, 2.45) is 59.2 Å². The molecule has 0 N–H and O–H groups in total. The van der Waals surface area contributed by atoms with Crippen LogP contribution in [-0.2, 0) is 9.47 Å². The molecule has 6 heteroatoms. The Morgan fingerprint density at radius 1 is 0.575 bits per heavy atom. The molecule has 0 aliphatic heterocycles. The lowest BCUT2D eigenvalue weighted by atomic mass is 9.80. The first-order chi connectivity index (χ1) is 19.6. The van der Waals surface area contributed by atoms with Gasteiger partial charge in [0.25, 0.3) is 0 Å². The highest BCUT2D eigenvalue weighted by Crippen LogP contribution is 2.61. The van der Waals surface area contributed by atoms with E-state index in [9.17, 15) is 0 Å². The van der Waals surface area contributed by atoms with Gasteiger partial charge in [-0.3, -0.25) is 0 Å². The molecule has 0 saturated heterocycles. The van der Waals surface area contributed by atoms with E-state index >= 15 is 0 Å². The molecule has 0 heterocycles. The number of thiol groups is 2. The van der Waals surface area contributed by atoms with E-state index in [0.29, 0.717) is 22.7 Å². The summed E-state index contributed by atoms with van der Waals surface area (Å²) in [6, 6.07) is 0. The number of hydrogen-bond donors (Lipinski definition) is 2. The minimum atomic E-state index is 0.599. The Balaban J connectivity index is 0.000000139. The average Bonchev–Trinajstić information content (AvgIpc) is 3.78. The molecule has 0 aromatic carbocycles. The van der Waals surface area contributed by atoms with Gasteiger partial charge < -0.3 is 9.47 Å². The van der Waals surface area contributed by atoms with Crippen LogP contribution >= 0.6 is 48.8 Å². The van der Waals surface area contributed by atoms with Gasteiger partial charge in [0.1, 0.15) is 0 Å². The third kappa shape index (κ3) is 6.22. The van der Waals surface area contributed by atoms with E-state index in [-0.39, 0.29) is 0 Å². The van der Waals surface area contributed by atoms with Crippen molar-refractivity contribution in [3.8, 4) is 0 Å². The van der Waals surface area contributed by atoms with Crippen molar-refractivity contribution in [2.45, 2.75) is 118 Å². The summed E-state index contributed by atoms with van der Waals surface area (Å²) >= 11 is 13.6. The van der Waals surface area contributed by atoms with E-state index in [1.54, 1.807) is 6.42 Å². The molecule has 0 radical (unpaired) electrons. The normalized spacial score (nSPS) is 50.9. The van der Waals surface area contributed by atoms with E-state index in [1.807, 2.05) is 11.8 Å². The fraction of sp³-hybridized carbons (Fsp3) is 1.00. The molecule has 0 spiro atoms. The minimum absolute atomic E-state index is 0.599. The van der Waals surface area contributed by atoms with Crippen molar-refractivity contribution < 1.29 is 9.47 Å². The quantitative estimate of drug-likeness (QED) is 0.177. The van der Waals surface area contributed by atoms with E-state index in [1.165, 1.54) is 95.0 Å². The Morgan fingerprint density at radius 2 is 1.15 bits per heavy atom. The zero-order valence-electron chi connectivity index (χ0n) is 24.9. The van der Waals surface area contributed by atoms with E-state index in [2.05, 4.69) is 18.0 Å². The van der Waals surface area contributed by atoms with Gasteiger partial charge in [-0.1, -0.05) is 6.42 Å². The summed E-state index contributed by atoms with van der Waals surface area (Å²) in [4.78, 5) is 0. The van der Waals surface area contributed by atoms with Gasteiger partial charge in [0.15, 0.2) is 0 Å². The molecule has 2 nitrogen and oxygen atoms in total. The predicted molar refractivity (Wildman–Crippen MR) is 179 cm³/mol. The number of thioether (sulfide) groups is 2. The van der Waals surface area contributed by atoms with E-state index in [0.717, 1.165) is 77.6 Å². The fourth-order valence-electron chi connectivity index (χ4n) is 11.7. The third-order valence-corrected chi connectivity index (χ3v) is 16.3. The second-order valence-electron chi connectivity index (χ2n) is 15.3. The number of ether oxygens (including phenoxy) is 2. The maximum absolute atomic E-state index is 6.37. The summed E-state index contributed by atoms with van der Waals surface area (Å²) in [6.45, 7) is 2.00. The zero-order chi connectivity index (χ0) is 27.2. The number of hydrogen-bond acceptors (Lipinski definition) is 6. The molecule has 8 aliphatic rings. The SMILES string of the molecule is CSCCCOC1CC2CC1C1CC(S)CC21.SC1CC2C3CC(OCCCSC4CC5CCC4C5)C(C3)C2C1. The van der Waals surface area contributed by atoms with Gasteiger partial charge in [-0.15, -0.1) is 0 Å². The monoisotopic (exact) mass is 624 g/mol. The lowest BCUT2D eigenvalue weighted by molar-refractivity contribution is -0.00962. The van der Waals surface area contributed by atoms with Gasteiger partial charge in [-0.05, 0) is 160 Å². The molecule has 8 fully saturated rings. The van der Waals surface area contributed by atoms with Gasteiger partial charge in [0.05, 0.1) is 12.2 Å². The van der Waals surface area contributed by atoms with Crippen molar-refractivity contribution in [1.29, 1.82) is 0 Å². The van der Waals surface area contributed by atoms with Crippen LogP contribution in [0.15, 0.2) is 0 Å². The highest BCUT2D eigenvalue weighted by molar-refractivity contribution is 7.99. The van der Waals surface area contributed by atoms with Crippen molar-refractivity contribution in [1.82, 2.24) is 0 Å². The number of fused-ring (bicyclic) bond motifs is 12. The zero-order valence-corrected chi connectivity index (χ0v) is 28.3. The average molecular weight is 625 g/mol. The molecule has 0 aromatic rings. The van der Waals surface area contributed by atoms with Crippen molar-refractivity contribution >= 4 is 48.8 Å². The molecular weight excluding hydrogens is 569 g/mol. The van der Waals surface area contributed by atoms with Crippen LogP contribution in [0.5, 0.6) is 0 Å². The van der Waals surface area contributed by atoms with Crippen LogP contribution in [0.4, 0.5) is 0 Å². The summed E-state index contributed by atoms with van der Waals surface area (Å²) < 4.78 is 12.5. The predicted octanol–water partition coefficient (Wildman–Crippen LogP) is 8.54. The Kier molecular flexibility index (Phi) is 10.0. The first kappa shape index (κ1) is 30.0. The molecule has 0 amide bonds. The summed E-state index contributed by atoms with van der Waals surface area (Å²) in [5, 5.41) is 2.38. The van der Waals surface area contributed by atoms with Crippen LogP contribution in [0.3, 0.4) is 0 Å². The molecule has 15 atom stereocenters. The largest absolute Gasteiger partial charge is 0.378 e. The highest BCUT2D eigenvalue weighted by atomic mass is 32.2. The van der Waals surface area contributed by atoms with Gasteiger partial charge in [0.2, 0.25) is 0 Å². The fourth-order valence-corrected chi connectivity index (χ4v) is 14.6. The van der Waals surface area contributed by atoms with Crippen LogP contribution < -0.4 is 0 Å². The lowest BCUT2D eigenvalue weighted by Crippen LogP contribution is -2.30. The van der Waals surface area contributed by atoms with Crippen molar-refractivity contribution in [3.05, 3.63) is 0 Å². The molecule has 8 saturated carbocycles. The highest BCUT2D eigenvalue weighted by Gasteiger charge is 2.57. The van der Waals surface area contributed by atoms with Crippen LogP contribution in [0.25, 0.3) is 0 Å². The van der Waals surface area contributed by atoms with Crippen LogP contribution in [-0.4, -0.2) is 58.9 Å². The van der Waals surface area contributed by atoms with Crippen molar-refractivity contribution in [3.63, 3.8) is 0 Å². The summed E-state index contributed by atoms with van der Waals surface area (Å²) in [7, 11) is 0. The molecule has 8 aliphatic carbocycles. The minimum Gasteiger partial charge on any atom is -0.378 e. The van der Waals surface area contributed by atoms with Gasteiger partial charge in [-0.2, -0.15) is 48.8 Å². The van der Waals surface area contributed by atoms with Crippen molar-refractivity contribution in [2.75, 3.05) is 31.0 Å². The standard InChI is InChI=1S/C20H32OS2.C14H24OS2/c22-15-10-16-14-8-18(17(16)11-15)19(9-14)21-4-1-5-23-20-7-12-2-3-13(20)6-12;1-17-4-2-3-15-14-6-9-5-13(14)12-8-10(16)7-11(9)12/h12-20,22H,1-11H2;9-14,16H,2-8H2,1H3. The topological polar surface area (TPSA) is 18.5 Å². The summed E-state index contributed by atoms with van der Waals surface area (Å²) in [5.74, 6) is 12.4. The maximum atomic E-state index is 6.37. The molecule has 8 rings (SSSR count). The Morgan fingerprint density at radius 3 is 1.68 bits per heavy atom. The molecule has 40 heavy (non-hydrogen) atoms. The van der Waals surface area contributed by atoms with E-state index in [4.69, 9.17) is 34.7 Å². The third-order valence-electron chi connectivity index (χ3n) is 13.2. The second-order valence-corrected chi connectivity index (χ2v) is 19.1. The van der Waals surface area contributed by atoms with E-state index < -0.39 is 0 Å². The van der Waals surface area contributed by atoms with Crippen LogP contribution in [0.2, 0.25) is 0 Å². The Bertz CT molecular complexity index is 843. The first-order valence-electron chi connectivity index (χ1n) is 17.3. The Hall–Kier alpha value is 1.32. The Labute approximate surface area is 265 Å². The summed E-state index contributed by atoms with van der Waals surface area (Å²) in [5.41, 5.74) is 0. The van der Waals surface area contributed by atoms with Crippen LogP contribution in [0, 0.1) is 59.2 Å². The summed E-state index contributed by atoms with van der Waals surface area (Å²) in [6.07, 6.45) is 23.2. The van der Waals surface area contributed by atoms with Crippen LogP contribution in [0.1, 0.15) is 89.9 Å². The van der Waals surface area contributed by atoms with Gasteiger partial charge >= 0.3 is 0 Å². The van der Waals surface area contributed by atoms with Gasteiger partial charge in [0, 0.05) is 29.0 Å². The first-order valence-corrected chi connectivity index (χ1v) is 20.7. The number of rotatable bonds is 11. The molecular formula is C34H56O2S4. The maximum Gasteiger partial charge on any atom is 0.0608 e.